The third-order valence-corrected chi connectivity index (χ3v) is 3.63. The van der Waals surface area contributed by atoms with Crippen molar-refractivity contribution >= 4 is 46.6 Å². The molecule has 0 aliphatic heterocycles. The number of hydrogen-bond acceptors (Lipinski definition) is 4. The van der Waals surface area contributed by atoms with E-state index in [-0.39, 0.29) is 0 Å². The summed E-state index contributed by atoms with van der Waals surface area (Å²) < 4.78 is 0. The van der Waals surface area contributed by atoms with Crippen molar-refractivity contribution in [2.45, 2.75) is 26.3 Å². The molecule has 0 fully saturated rings. The van der Waals surface area contributed by atoms with E-state index in [0.717, 1.165) is 18.7 Å². The molecule has 0 saturated heterocycles. The van der Waals surface area contributed by atoms with Crippen LogP contribution in [0.2, 0.25) is 10.0 Å². The van der Waals surface area contributed by atoms with Crippen LogP contribution in [0.5, 0.6) is 0 Å². The van der Waals surface area contributed by atoms with Crippen molar-refractivity contribution in [2.75, 3.05) is 29.2 Å². The van der Waals surface area contributed by atoms with Crippen molar-refractivity contribution in [2.24, 2.45) is 0 Å². The number of rotatable bonds is 7. The highest BCUT2D eigenvalue weighted by Crippen LogP contribution is 2.29. The van der Waals surface area contributed by atoms with Gasteiger partial charge >= 0.3 is 0 Å². The van der Waals surface area contributed by atoms with Crippen molar-refractivity contribution in [3.63, 3.8) is 0 Å². The first kappa shape index (κ1) is 15.7. The van der Waals surface area contributed by atoms with E-state index < -0.39 is 0 Å². The van der Waals surface area contributed by atoms with Crippen molar-refractivity contribution < 1.29 is 0 Å². The van der Waals surface area contributed by atoms with Crippen LogP contribution in [0.1, 0.15) is 20.3 Å². The second kappa shape index (κ2) is 7.97. The largest absolute Gasteiger partial charge is 0.369 e. The number of pyridine rings is 1. The number of aromatic nitrogens is 1. The van der Waals surface area contributed by atoms with E-state index in [9.17, 15) is 0 Å². The maximum Gasteiger partial charge on any atom is 0.147 e. The molecule has 102 valence electrons. The van der Waals surface area contributed by atoms with Crippen LogP contribution in [0.15, 0.2) is 6.07 Å². The third kappa shape index (κ3) is 4.75. The Morgan fingerprint density at radius 1 is 1.33 bits per heavy atom. The Morgan fingerprint density at radius 2 is 2.00 bits per heavy atom. The Kier molecular flexibility index (Phi) is 6.97. The number of halogens is 2. The summed E-state index contributed by atoms with van der Waals surface area (Å²) in [4.78, 5) is 4.42. The van der Waals surface area contributed by atoms with E-state index >= 15 is 0 Å². The van der Waals surface area contributed by atoms with Crippen LogP contribution in [-0.4, -0.2) is 29.6 Å². The van der Waals surface area contributed by atoms with Crippen molar-refractivity contribution in [1.82, 2.24) is 4.98 Å². The fourth-order valence-corrected chi connectivity index (χ4v) is 2.53. The zero-order valence-corrected chi connectivity index (χ0v) is 13.2. The first-order valence-corrected chi connectivity index (χ1v) is 8.08. The van der Waals surface area contributed by atoms with E-state index in [1.165, 1.54) is 0 Å². The highest BCUT2D eigenvalue weighted by atomic mass is 35.5. The third-order valence-electron chi connectivity index (χ3n) is 2.41. The first-order chi connectivity index (χ1) is 8.58. The lowest BCUT2D eigenvalue weighted by atomic mass is 10.2. The minimum atomic E-state index is 0.332. The predicted molar refractivity (Wildman–Crippen MR) is 84.5 cm³/mol. The molecule has 1 aromatic rings. The van der Waals surface area contributed by atoms with Gasteiger partial charge in [-0.05, 0) is 38.3 Å². The smallest absolute Gasteiger partial charge is 0.147 e. The Bertz CT molecular complexity index is 388. The zero-order valence-electron chi connectivity index (χ0n) is 10.9. The molecule has 1 rings (SSSR count). The van der Waals surface area contributed by atoms with Crippen LogP contribution in [0.3, 0.4) is 0 Å². The highest BCUT2D eigenvalue weighted by Gasteiger charge is 2.11. The van der Waals surface area contributed by atoms with Crippen molar-refractivity contribution in [3.8, 4) is 0 Å². The molecule has 18 heavy (non-hydrogen) atoms. The average molecular weight is 308 g/mol. The quantitative estimate of drug-likeness (QED) is 0.784. The molecule has 6 heteroatoms. The minimum absolute atomic E-state index is 0.332. The van der Waals surface area contributed by atoms with Gasteiger partial charge in [-0.3, -0.25) is 0 Å². The summed E-state index contributed by atoms with van der Waals surface area (Å²) in [6, 6.07) is 2.05. The molecule has 0 bridgehead atoms. The molecule has 0 aliphatic rings. The minimum Gasteiger partial charge on any atom is -0.369 e. The van der Waals surface area contributed by atoms with Crippen LogP contribution < -0.4 is 10.6 Å². The summed E-state index contributed by atoms with van der Waals surface area (Å²) in [7, 11) is 0. The Morgan fingerprint density at radius 3 is 2.61 bits per heavy atom. The van der Waals surface area contributed by atoms with Gasteiger partial charge in [0.1, 0.15) is 11.6 Å². The van der Waals surface area contributed by atoms with Crippen LogP contribution in [0.25, 0.3) is 0 Å². The number of nitrogens with one attached hydrogen (secondary N) is 2. The molecule has 0 radical (unpaired) electrons. The summed E-state index contributed by atoms with van der Waals surface area (Å²) in [5.74, 6) is 2.47. The molecule has 0 saturated carbocycles. The van der Waals surface area contributed by atoms with E-state index in [1.54, 1.807) is 6.07 Å². The summed E-state index contributed by atoms with van der Waals surface area (Å²) in [5, 5.41) is 7.53. The second-order valence-electron chi connectivity index (χ2n) is 4.01. The fourth-order valence-electron chi connectivity index (χ4n) is 1.46. The molecule has 1 heterocycles. The maximum atomic E-state index is 6.14. The molecule has 0 amide bonds. The molecule has 1 unspecified atom stereocenters. The Labute approximate surface area is 123 Å². The number of hydrogen-bond donors (Lipinski definition) is 2. The van der Waals surface area contributed by atoms with Crippen LogP contribution in [-0.2, 0) is 0 Å². The van der Waals surface area contributed by atoms with Crippen molar-refractivity contribution in [3.05, 3.63) is 16.1 Å². The zero-order chi connectivity index (χ0) is 13.5. The van der Waals surface area contributed by atoms with Crippen LogP contribution in [0.4, 0.5) is 11.6 Å². The lowest BCUT2D eigenvalue weighted by molar-refractivity contribution is 0.767. The first-order valence-electron chi connectivity index (χ1n) is 5.93. The van der Waals surface area contributed by atoms with E-state index in [2.05, 4.69) is 28.8 Å². The van der Waals surface area contributed by atoms with E-state index in [4.69, 9.17) is 23.2 Å². The van der Waals surface area contributed by atoms with Gasteiger partial charge in [-0.15, -0.1) is 0 Å². The van der Waals surface area contributed by atoms with Gasteiger partial charge in [0.2, 0.25) is 0 Å². The Balaban J connectivity index is 2.78. The molecular formula is C12H19Cl2N3S. The van der Waals surface area contributed by atoms with Gasteiger partial charge in [0, 0.05) is 12.6 Å². The topological polar surface area (TPSA) is 37.0 Å². The van der Waals surface area contributed by atoms with Gasteiger partial charge < -0.3 is 10.6 Å². The molecule has 1 aromatic heterocycles. The highest BCUT2D eigenvalue weighted by molar-refractivity contribution is 7.98. The van der Waals surface area contributed by atoms with Gasteiger partial charge in [0.15, 0.2) is 0 Å². The molecular weight excluding hydrogens is 289 g/mol. The van der Waals surface area contributed by atoms with Gasteiger partial charge in [-0.2, -0.15) is 11.8 Å². The monoisotopic (exact) mass is 307 g/mol. The molecule has 3 nitrogen and oxygen atoms in total. The molecule has 1 atom stereocenters. The summed E-state index contributed by atoms with van der Waals surface area (Å²) >= 11 is 14.0. The van der Waals surface area contributed by atoms with Crippen LogP contribution >= 0.6 is 35.0 Å². The molecule has 2 N–H and O–H groups in total. The van der Waals surface area contributed by atoms with Gasteiger partial charge in [-0.1, -0.05) is 23.2 Å². The van der Waals surface area contributed by atoms with Gasteiger partial charge in [0.05, 0.1) is 10.0 Å². The van der Waals surface area contributed by atoms with Gasteiger partial charge in [0.25, 0.3) is 0 Å². The number of thioether (sulfide) groups is 1. The maximum absolute atomic E-state index is 6.14. The summed E-state index contributed by atoms with van der Waals surface area (Å²) in [6.45, 7) is 4.90. The number of nitrogens with zero attached hydrogens (tertiary/aromatic N) is 1. The summed E-state index contributed by atoms with van der Waals surface area (Å²) in [5.41, 5.74) is 0. The molecule has 0 aliphatic carbocycles. The van der Waals surface area contributed by atoms with Crippen LogP contribution in [0, 0.1) is 0 Å². The lowest BCUT2D eigenvalue weighted by Gasteiger charge is -2.16. The van der Waals surface area contributed by atoms with Gasteiger partial charge in [-0.25, -0.2) is 4.98 Å². The lowest BCUT2D eigenvalue weighted by Crippen LogP contribution is -2.17. The molecule has 0 spiro atoms. The standard InChI is InChI=1S/C12H19Cl2N3S/c1-4-15-11-9(13)7-10(14)12(17-11)16-8(2)5-6-18-3/h7-8H,4-6H2,1-3H3,(H2,15,16,17). The van der Waals surface area contributed by atoms with E-state index in [1.807, 2.05) is 18.7 Å². The predicted octanol–water partition coefficient (Wildman–Crippen LogP) is 4.37. The summed E-state index contributed by atoms with van der Waals surface area (Å²) in [6.07, 6.45) is 3.17. The average Bonchev–Trinajstić information content (AvgIpc) is 2.33. The van der Waals surface area contributed by atoms with Crippen molar-refractivity contribution in [1.29, 1.82) is 0 Å². The normalized spacial score (nSPS) is 12.3. The number of anilines is 2. The second-order valence-corrected chi connectivity index (χ2v) is 5.81. The Hall–Kier alpha value is -0.320. The SMILES string of the molecule is CCNc1nc(NC(C)CCSC)c(Cl)cc1Cl. The molecule has 0 aromatic carbocycles. The fraction of sp³-hybridized carbons (Fsp3) is 0.583. The van der Waals surface area contributed by atoms with E-state index in [0.29, 0.717) is 27.7 Å².